The lowest BCUT2D eigenvalue weighted by Crippen LogP contribution is -2.47. The van der Waals surface area contributed by atoms with E-state index in [1.807, 2.05) is 0 Å². The molecule has 1 atom stereocenters. The van der Waals surface area contributed by atoms with Gasteiger partial charge in [0.05, 0.1) is 24.3 Å². The van der Waals surface area contributed by atoms with Crippen molar-refractivity contribution in [2.45, 2.75) is 18.4 Å². The number of para-hydroxylation sites is 1. The van der Waals surface area contributed by atoms with Crippen molar-refractivity contribution in [3.05, 3.63) is 51.7 Å². The largest absolute Gasteiger partial charge is 0.493 e. The Balaban J connectivity index is 1.46. The van der Waals surface area contributed by atoms with Crippen molar-refractivity contribution < 1.29 is 27.5 Å². The van der Waals surface area contributed by atoms with E-state index in [1.54, 1.807) is 36.4 Å². The molecule has 2 aromatic rings. The number of fused-ring (bicyclic) bond motifs is 2. The van der Waals surface area contributed by atoms with E-state index >= 15 is 0 Å². The van der Waals surface area contributed by atoms with Crippen molar-refractivity contribution in [3.63, 3.8) is 0 Å². The summed E-state index contributed by atoms with van der Waals surface area (Å²) < 4.78 is 30.3. The number of carbonyl (C=O) groups is 3. The fourth-order valence-corrected chi connectivity index (χ4v) is 5.17. The Morgan fingerprint density at radius 2 is 2.03 bits per heavy atom. The summed E-state index contributed by atoms with van der Waals surface area (Å²) in [5.74, 6) is -0.273. The summed E-state index contributed by atoms with van der Waals surface area (Å²) in [7, 11) is -3.28. The molecule has 1 unspecified atom stereocenters. The number of nitrogens with one attached hydrogen (secondary N) is 2. The SMILES string of the molecule is CS(=O)(=O)NCCc1ccc(C(=O)CN2C(=O)NC3(CCOc4ccccc43)C2=O)s1. The third-order valence-corrected chi connectivity index (χ3v) is 7.15. The average molecular weight is 464 g/mol. The number of benzene rings is 1. The lowest BCUT2D eigenvalue weighted by molar-refractivity contribution is -0.132. The molecule has 0 radical (unpaired) electrons. The standard InChI is InChI=1S/C20H21N3O6S2/c1-31(27,28)21-10-8-13-6-7-17(30-13)15(24)12-23-18(25)20(22-19(23)26)9-11-29-16-5-3-2-4-14(16)20/h2-7,21H,8-12H2,1H3,(H,22,26). The van der Waals surface area contributed by atoms with Gasteiger partial charge in [-0.2, -0.15) is 0 Å². The zero-order valence-corrected chi connectivity index (χ0v) is 18.3. The second kappa shape index (κ2) is 8.06. The Kier molecular flexibility index (Phi) is 5.58. The van der Waals surface area contributed by atoms with Crippen LogP contribution in [0.25, 0.3) is 0 Å². The van der Waals surface area contributed by atoms with Crippen molar-refractivity contribution in [2.24, 2.45) is 0 Å². The van der Waals surface area contributed by atoms with Crippen molar-refractivity contribution in [1.29, 1.82) is 0 Å². The van der Waals surface area contributed by atoms with E-state index in [0.717, 1.165) is 16.0 Å². The topological polar surface area (TPSA) is 122 Å². The molecule has 1 saturated heterocycles. The summed E-state index contributed by atoms with van der Waals surface area (Å²) in [5.41, 5.74) is -0.629. The number of imide groups is 1. The minimum atomic E-state index is -3.28. The molecule has 1 aromatic carbocycles. The minimum Gasteiger partial charge on any atom is -0.493 e. The fourth-order valence-electron chi connectivity index (χ4n) is 3.76. The van der Waals surface area contributed by atoms with Crippen LogP contribution in [0.2, 0.25) is 0 Å². The van der Waals surface area contributed by atoms with Gasteiger partial charge in [0.25, 0.3) is 5.91 Å². The van der Waals surface area contributed by atoms with E-state index < -0.39 is 27.5 Å². The van der Waals surface area contributed by atoms with E-state index in [1.165, 1.54) is 11.3 Å². The highest BCUT2D eigenvalue weighted by atomic mass is 32.2. The van der Waals surface area contributed by atoms with E-state index in [9.17, 15) is 22.8 Å². The maximum Gasteiger partial charge on any atom is 0.325 e. The van der Waals surface area contributed by atoms with Gasteiger partial charge in [0.2, 0.25) is 10.0 Å². The molecule has 2 N–H and O–H groups in total. The van der Waals surface area contributed by atoms with Gasteiger partial charge in [-0.15, -0.1) is 11.3 Å². The summed E-state index contributed by atoms with van der Waals surface area (Å²) in [6, 6.07) is 9.81. The Labute approximate surface area is 183 Å². The van der Waals surface area contributed by atoms with Gasteiger partial charge in [0, 0.05) is 23.4 Å². The van der Waals surface area contributed by atoms with Crippen molar-refractivity contribution >= 4 is 39.1 Å². The number of amides is 3. The summed E-state index contributed by atoms with van der Waals surface area (Å²) >= 11 is 1.22. The predicted molar refractivity (Wildman–Crippen MR) is 114 cm³/mol. The van der Waals surface area contributed by atoms with Crippen molar-refractivity contribution in [1.82, 2.24) is 14.9 Å². The first kappa shape index (κ1) is 21.5. The average Bonchev–Trinajstić information content (AvgIpc) is 3.27. The number of urea groups is 1. The van der Waals surface area contributed by atoms with Gasteiger partial charge in [-0.25, -0.2) is 17.9 Å². The highest BCUT2D eigenvalue weighted by molar-refractivity contribution is 7.88. The summed E-state index contributed by atoms with van der Waals surface area (Å²) in [6.45, 7) is 0.140. The van der Waals surface area contributed by atoms with Crippen LogP contribution in [0.15, 0.2) is 36.4 Å². The molecule has 0 aliphatic carbocycles. The maximum absolute atomic E-state index is 13.2. The molecule has 31 heavy (non-hydrogen) atoms. The number of ketones is 1. The number of ether oxygens (including phenoxy) is 1. The van der Waals surface area contributed by atoms with E-state index in [-0.39, 0.29) is 31.9 Å². The molecule has 1 spiro atoms. The summed E-state index contributed by atoms with van der Waals surface area (Å²) in [6.07, 6.45) is 1.81. The molecule has 164 valence electrons. The normalized spacial score (nSPS) is 20.5. The lowest BCUT2D eigenvalue weighted by Gasteiger charge is -2.33. The molecule has 9 nitrogen and oxygen atoms in total. The number of carbonyl (C=O) groups excluding carboxylic acids is 3. The number of rotatable bonds is 7. The van der Waals surface area contributed by atoms with E-state index in [4.69, 9.17) is 4.74 Å². The number of thiophene rings is 1. The summed E-state index contributed by atoms with van der Waals surface area (Å²) in [4.78, 5) is 40.8. The molecular weight excluding hydrogens is 442 g/mol. The van der Waals surface area contributed by atoms with Gasteiger partial charge in [-0.3, -0.25) is 14.5 Å². The van der Waals surface area contributed by atoms with Crippen molar-refractivity contribution in [3.8, 4) is 5.75 Å². The number of hydrogen-bond acceptors (Lipinski definition) is 7. The van der Waals surface area contributed by atoms with Crippen LogP contribution >= 0.6 is 11.3 Å². The third-order valence-electron chi connectivity index (χ3n) is 5.23. The van der Waals surface area contributed by atoms with Crippen LogP contribution in [0.1, 0.15) is 26.5 Å². The first-order valence-electron chi connectivity index (χ1n) is 9.62. The van der Waals surface area contributed by atoms with Crippen LogP contribution in [0.4, 0.5) is 4.79 Å². The molecule has 3 heterocycles. The van der Waals surface area contributed by atoms with Gasteiger partial charge in [0.15, 0.2) is 11.3 Å². The quantitative estimate of drug-likeness (QED) is 0.471. The molecular formula is C20H21N3O6S2. The monoisotopic (exact) mass is 463 g/mol. The van der Waals surface area contributed by atoms with Crippen LogP contribution < -0.4 is 14.8 Å². The van der Waals surface area contributed by atoms with Gasteiger partial charge >= 0.3 is 6.03 Å². The zero-order chi connectivity index (χ0) is 22.2. The second-order valence-electron chi connectivity index (χ2n) is 7.43. The van der Waals surface area contributed by atoms with Gasteiger partial charge in [-0.1, -0.05) is 18.2 Å². The van der Waals surface area contributed by atoms with Gasteiger partial charge < -0.3 is 10.1 Å². The van der Waals surface area contributed by atoms with Crippen LogP contribution in [-0.2, 0) is 26.8 Å². The van der Waals surface area contributed by atoms with Crippen molar-refractivity contribution in [2.75, 3.05) is 26.0 Å². The smallest absolute Gasteiger partial charge is 0.325 e. The molecule has 1 aromatic heterocycles. The molecule has 1 fully saturated rings. The number of Topliss-reactive ketones (excluding diaryl/α,β-unsaturated/α-hetero) is 1. The molecule has 2 aliphatic heterocycles. The van der Waals surface area contributed by atoms with Crippen LogP contribution in [0.3, 0.4) is 0 Å². The van der Waals surface area contributed by atoms with Gasteiger partial charge in [0.1, 0.15) is 5.75 Å². The molecule has 4 rings (SSSR count). The summed E-state index contributed by atoms with van der Waals surface area (Å²) in [5, 5.41) is 2.77. The van der Waals surface area contributed by atoms with Crippen LogP contribution in [-0.4, -0.2) is 57.0 Å². The molecule has 0 bridgehead atoms. The lowest BCUT2D eigenvalue weighted by atomic mass is 9.84. The minimum absolute atomic E-state index is 0.226. The maximum atomic E-state index is 13.2. The highest BCUT2D eigenvalue weighted by Crippen LogP contribution is 2.41. The first-order valence-corrected chi connectivity index (χ1v) is 12.3. The van der Waals surface area contributed by atoms with E-state index in [2.05, 4.69) is 10.0 Å². The highest BCUT2D eigenvalue weighted by Gasteiger charge is 2.55. The van der Waals surface area contributed by atoms with Crippen LogP contribution in [0.5, 0.6) is 5.75 Å². The second-order valence-corrected chi connectivity index (χ2v) is 10.4. The molecule has 11 heteroatoms. The van der Waals surface area contributed by atoms with E-state index in [0.29, 0.717) is 22.6 Å². The molecule has 0 saturated carbocycles. The third kappa shape index (κ3) is 4.21. The first-order chi connectivity index (χ1) is 14.7. The fraction of sp³-hybridized carbons (Fsp3) is 0.350. The van der Waals surface area contributed by atoms with Crippen LogP contribution in [0, 0.1) is 0 Å². The number of sulfonamides is 1. The Bertz CT molecular complexity index is 1160. The Hall–Kier alpha value is -2.76. The number of hydrogen-bond donors (Lipinski definition) is 2. The molecule has 3 amide bonds. The Morgan fingerprint density at radius 3 is 2.81 bits per heavy atom. The molecule has 2 aliphatic rings. The van der Waals surface area contributed by atoms with Gasteiger partial charge in [-0.05, 0) is 24.6 Å². The number of nitrogens with zero attached hydrogens (tertiary/aromatic N) is 1. The zero-order valence-electron chi connectivity index (χ0n) is 16.7. The Morgan fingerprint density at radius 1 is 1.26 bits per heavy atom. The predicted octanol–water partition coefficient (Wildman–Crippen LogP) is 1.25.